The monoisotopic (exact) mass is 186 g/mol. The van der Waals surface area contributed by atoms with Crippen LogP contribution in [0.5, 0.6) is 0 Å². The maximum absolute atomic E-state index is 9.77. The first-order valence-corrected chi connectivity index (χ1v) is 4.96. The van der Waals surface area contributed by atoms with Crippen LogP contribution in [-0.2, 0) is 9.47 Å². The summed E-state index contributed by atoms with van der Waals surface area (Å²) in [6.45, 7) is 0.422. The molecule has 0 aromatic heterocycles. The number of fused-ring (bicyclic) bond motifs is 2. The Morgan fingerprint density at radius 3 is 3.00 bits per heavy atom. The number of aliphatic hydroxyl groups excluding tert-OH is 1. The molecular formula is C7H11BO3S. The summed E-state index contributed by atoms with van der Waals surface area (Å²) < 4.78 is 10.5. The van der Waals surface area contributed by atoms with Crippen LogP contribution in [0.4, 0.5) is 0 Å². The largest absolute Gasteiger partial charge is 0.389 e. The highest BCUT2D eigenvalue weighted by molar-refractivity contribution is 8.00. The van der Waals surface area contributed by atoms with E-state index in [1.54, 1.807) is 18.9 Å². The number of rotatable bonds is 2. The van der Waals surface area contributed by atoms with Gasteiger partial charge in [0.15, 0.2) is 0 Å². The summed E-state index contributed by atoms with van der Waals surface area (Å²) in [4.78, 5) is 0. The van der Waals surface area contributed by atoms with Gasteiger partial charge in [-0.15, -0.1) is 0 Å². The van der Waals surface area contributed by atoms with Gasteiger partial charge in [-0.3, -0.25) is 0 Å². The van der Waals surface area contributed by atoms with Crippen molar-refractivity contribution in [2.45, 2.75) is 23.0 Å². The lowest BCUT2D eigenvalue weighted by molar-refractivity contribution is -0.0884. The molecule has 2 rings (SSSR count). The molecule has 3 nitrogen and oxygen atoms in total. The van der Waals surface area contributed by atoms with Gasteiger partial charge in [0.2, 0.25) is 0 Å². The number of hydrogen-bond donors (Lipinski definition) is 1. The molecule has 5 heteroatoms. The van der Waals surface area contributed by atoms with E-state index in [1.807, 2.05) is 0 Å². The molecule has 66 valence electrons. The fourth-order valence-corrected chi connectivity index (χ4v) is 3.31. The molecule has 2 radical (unpaired) electrons. The first-order chi connectivity index (χ1) is 5.69. The SMILES string of the molecule is [B]C1OC2(COC)CSC1C2O. The summed E-state index contributed by atoms with van der Waals surface area (Å²) in [6.07, 6.45) is -0.475. The number of aliphatic hydroxyl groups is 1. The first kappa shape index (κ1) is 8.87. The molecule has 0 aromatic rings. The van der Waals surface area contributed by atoms with Crippen molar-refractivity contribution in [3.63, 3.8) is 0 Å². The highest BCUT2D eigenvalue weighted by atomic mass is 32.2. The molecule has 0 amide bonds. The van der Waals surface area contributed by atoms with E-state index in [1.165, 1.54) is 0 Å². The maximum Gasteiger partial charge on any atom is 0.127 e. The van der Waals surface area contributed by atoms with Gasteiger partial charge >= 0.3 is 0 Å². The molecule has 0 spiro atoms. The zero-order valence-electron chi connectivity index (χ0n) is 6.90. The Labute approximate surface area is 77.2 Å². The van der Waals surface area contributed by atoms with Crippen LogP contribution in [0.3, 0.4) is 0 Å². The molecule has 1 N–H and O–H groups in total. The quantitative estimate of drug-likeness (QED) is 0.583. The van der Waals surface area contributed by atoms with Crippen LogP contribution in [0, 0.1) is 0 Å². The molecule has 4 unspecified atom stereocenters. The third-order valence-corrected chi connectivity index (χ3v) is 4.02. The second kappa shape index (κ2) is 2.91. The summed E-state index contributed by atoms with van der Waals surface area (Å²) >= 11 is 1.67. The van der Waals surface area contributed by atoms with Crippen molar-refractivity contribution in [1.29, 1.82) is 0 Å². The van der Waals surface area contributed by atoms with E-state index < -0.39 is 11.7 Å². The summed E-state index contributed by atoms with van der Waals surface area (Å²) in [5, 5.41) is 9.80. The topological polar surface area (TPSA) is 38.7 Å². The Morgan fingerprint density at radius 1 is 1.83 bits per heavy atom. The summed E-state index contributed by atoms with van der Waals surface area (Å²) in [5.74, 6) is 0.778. The van der Waals surface area contributed by atoms with Crippen molar-refractivity contribution >= 4 is 19.6 Å². The van der Waals surface area contributed by atoms with Crippen molar-refractivity contribution in [3.8, 4) is 0 Å². The highest BCUT2D eigenvalue weighted by Gasteiger charge is 2.58. The molecule has 2 bridgehead atoms. The average molecular weight is 186 g/mol. The van der Waals surface area contributed by atoms with Gasteiger partial charge in [-0.25, -0.2) is 0 Å². The van der Waals surface area contributed by atoms with Gasteiger partial charge in [-0.1, -0.05) is 0 Å². The zero-order valence-corrected chi connectivity index (χ0v) is 7.71. The van der Waals surface area contributed by atoms with Crippen LogP contribution in [0.25, 0.3) is 0 Å². The number of hydrogen-bond acceptors (Lipinski definition) is 4. The Morgan fingerprint density at radius 2 is 2.58 bits per heavy atom. The van der Waals surface area contributed by atoms with Crippen molar-refractivity contribution in [1.82, 2.24) is 0 Å². The Bertz CT molecular complexity index is 191. The second-order valence-electron chi connectivity index (χ2n) is 3.30. The van der Waals surface area contributed by atoms with Crippen molar-refractivity contribution in [3.05, 3.63) is 0 Å². The van der Waals surface area contributed by atoms with Crippen molar-refractivity contribution < 1.29 is 14.6 Å². The molecule has 0 aliphatic carbocycles. The minimum atomic E-state index is -0.538. The van der Waals surface area contributed by atoms with E-state index in [0.29, 0.717) is 6.61 Å². The van der Waals surface area contributed by atoms with Crippen LogP contribution >= 0.6 is 11.8 Å². The smallest absolute Gasteiger partial charge is 0.127 e. The number of ether oxygens (including phenoxy) is 2. The van der Waals surface area contributed by atoms with Gasteiger partial charge in [0.05, 0.1) is 18.0 Å². The Kier molecular flexibility index (Phi) is 2.15. The average Bonchev–Trinajstić information content (AvgIpc) is 2.41. The molecule has 4 atom stereocenters. The minimum Gasteiger partial charge on any atom is -0.389 e. The fraction of sp³-hybridized carbons (Fsp3) is 1.00. The van der Waals surface area contributed by atoms with Crippen LogP contribution < -0.4 is 0 Å². The van der Waals surface area contributed by atoms with Gasteiger partial charge in [0, 0.05) is 18.9 Å². The van der Waals surface area contributed by atoms with E-state index in [2.05, 4.69) is 0 Å². The highest BCUT2D eigenvalue weighted by Crippen LogP contribution is 2.46. The molecule has 2 saturated heterocycles. The van der Waals surface area contributed by atoms with Crippen LogP contribution in [-0.4, -0.2) is 55.4 Å². The van der Waals surface area contributed by atoms with Crippen molar-refractivity contribution in [2.24, 2.45) is 0 Å². The lowest BCUT2D eigenvalue weighted by Gasteiger charge is -2.28. The predicted molar refractivity (Wildman–Crippen MR) is 47.5 cm³/mol. The summed E-state index contributed by atoms with van der Waals surface area (Å²) in [5.41, 5.74) is -0.538. The lowest BCUT2D eigenvalue weighted by Crippen LogP contribution is -2.44. The van der Waals surface area contributed by atoms with Crippen LogP contribution in [0.2, 0.25) is 0 Å². The zero-order chi connectivity index (χ0) is 8.77. The van der Waals surface area contributed by atoms with Gasteiger partial charge in [-0.2, -0.15) is 11.8 Å². The van der Waals surface area contributed by atoms with E-state index in [4.69, 9.17) is 17.3 Å². The van der Waals surface area contributed by atoms with Gasteiger partial charge < -0.3 is 14.6 Å². The summed E-state index contributed by atoms with van der Waals surface area (Å²) in [7, 11) is 7.27. The third kappa shape index (κ3) is 1.04. The summed E-state index contributed by atoms with van der Waals surface area (Å²) in [6, 6.07) is -0.339. The molecule has 0 saturated carbocycles. The van der Waals surface area contributed by atoms with E-state index in [-0.39, 0.29) is 11.3 Å². The van der Waals surface area contributed by atoms with E-state index >= 15 is 0 Å². The van der Waals surface area contributed by atoms with Gasteiger partial charge in [0.1, 0.15) is 13.4 Å². The molecule has 2 aliphatic rings. The molecule has 2 aliphatic heterocycles. The van der Waals surface area contributed by atoms with Crippen LogP contribution in [0.15, 0.2) is 0 Å². The lowest BCUT2D eigenvalue weighted by atomic mass is 9.93. The fourth-order valence-electron chi connectivity index (χ4n) is 1.83. The number of thioether (sulfide) groups is 1. The molecule has 12 heavy (non-hydrogen) atoms. The first-order valence-electron chi connectivity index (χ1n) is 3.92. The second-order valence-corrected chi connectivity index (χ2v) is 4.47. The van der Waals surface area contributed by atoms with Gasteiger partial charge in [0.25, 0.3) is 0 Å². The van der Waals surface area contributed by atoms with Crippen molar-refractivity contribution in [2.75, 3.05) is 19.5 Å². The van der Waals surface area contributed by atoms with E-state index in [9.17, 15) is 5.11 Å². The molecule has 0 aromatic carbocycles. The normalized spacial score (nSPS) is 51.7. The minimum absolute atomic E-state index is 0.0279. The van der Waals surface area contributed by atoms with E-state index in [0.717, 1.165) is 5.75 Å². The molecule has 2 heterocycles. The molecular weight excluding hydrogens is 175 g/mol. The Hall–Kier alpha value is 0.295. The van der Waals surface area contributed by atoms with Crippen LogP contribution in [0.1, 0.15) is 0 Å². The predicted octanol–water partition coefficient (Wildman–Crippen LogP) is -0.627. The van der Waals surface area contributed by atoms with Gasteiger partial charge in [-0.05, 0) is 0 Å². The third-order valence-electron chi connectivity index (χ3n) is 2.45. The number of methoxy groups -OCH3 is 1. The standard InChI is InChI=1S/C7H11BO3S/c1-10-2-7-3-12-4(5(7)9)6(8)11-7/h4-6,9H,2-3H2,1H3. The Balaban J connectivity index is 2.15. The molecule has 2 fully saturated rings. The maximum atomic E-state index is 9.77.